The molecule has 0 radical (unpaired) electrons. The van der Waals surface area contributed by atoms with Crippen LogP contribution in [-0.4, -0.2) is 23.6 Å². The summed E-state index contributed by atoms with van der Waals surface area (Å²) in [6, 6.07) is 2.45. The van der Waals surface area contributed by atoms with E-state index < -0.39 is 0 Å². The Morgan fingerprint density at radius 3 is 2.71 bits per heavy atom. The van der Waals surface area contributed by atoms with Crippen molar-refractivity contribution in [3.05, 3.63) is 26.9 Å². The lowest BCUT2D eigenvalue weighted by Gasteiger charge is -2.28. The number of pyridine rings is 1. The zero-order valence-electron chi connectivity index (χ0n) is 12.1. The Balaban J connectivity index is 1.77. The smallest absolute Gasteiger partial charge is 0.308 e. The quantitative estimate of drug-likeness (QED) is 0.737. The van der Waals surface area contributed by atoms with Crippen molar-refractivity contribution < 1.29 is 9.53 Å². The highest BCUT2D eigenvalue weighted by Gasteiger charge is 2.26. The number of hydrogen-bond acceptors (Lipinski definition) is 4. The normalized spacial score (nSPS) is 22.0. The van der Waals surface area contributed by atoms with Gasteiger partial charge in [0.05, 0.1) is 18.2 Å². The van der Waals surface area contributed by atoms with Crippen molar-refractivity contribution >= 4 is 37.8 Å². The van der Waals surface area contributed by atoms with Crippen LogP contribution in [0.2, 0.25) is 0 Å². The summed E-state index contributed by atoms with van der Waals surface area (Å²) in [6.45, 7) is 3.07. The minimum Gasteiger partial charge on any atom is -0.466 e. The molecule has 0 amide bonds. The highest BCUT2D eigenvalue weighted by atomic mass is 79.9. The molecule has 0 atom stereocenters. The average Bonchev–Trinajstić information content (AvgIpc) is 2.47. The molecule has 0 aromatic carbocycles. The highest BCUT2D eigenvalue weighted by molar-refractivity contribution is 9.11. The van der Waals surface area contributed by atoms with E-state index in [2.05, 4.69) is 42.2 Å². The number of nitrogens with one attached hydrogen (secondary N) is 1. The summed E-state index contributed by atoms with van der Waals surface area (Å²) in [4.78, 5) is 16.1. The lowest BCUT2D eigenvalue weighted by Crippen LogP contribution is -2.35. The molecule has 21 heavy (non-hydrogen) atoms. The maximum absolute atomic E-state index is 11.7. The third-order valence-electron chi connectivity index (χ3n) is 3.79. The van der Waals surface area contributed by atoms with E-state index in [1.165, 1.54) is 0 Å². The minimum atomic E-state index is -0.0340. The fourth-order valence-corrected chi connectivity index (χ4v) is 3.73. The van der Waals surface area contributed by atoms with Crippen LogP contribution in [-0.2, 0) is 16.1 Å². The summed E-state index contributed by atoms with van der Waals surface area (Å²) in [5, 5.41) is 3.53. The number of ether oxygens (including phenoxy) is 1. The Bertz CT molecular complexity index is 489. The van der Waals surface area contributed by atoms with Crippen LogP contribution in [0.15, 0.2) is 21.2 Å². The summed E-state index contributed by atoms with van der Waals surface area (Å²) in [6.07, 6.45) is 5.64. The summed E-state index contributed by atoms with van der Waals surface area (Å²) in [7, 11) is 0. The number of halogens is 2. The molecule has 1 fully saturated rings. The lowest BCUT2D eigenvalue weighted by molar-refractivity contribution is -0.149. The Labute approximate surface area is 142 Å². The van der Waals surface area contributed by atoms with E-state index in [4.69, 9.17) is 4.74 Å². The van der Waals surface area contributed by atoms with Gasteiger partial charge in [-0.05, 0) is 70.5 Å². The first kappa shape index (κ1) is 16.9. The first-order chi connectivity index (χ1) is 10.1. The van der Waals surface area contributed by atoms with Crippen molar-refractivity contribution in [2.24, 2.45) is 5.92 Å². The van der Waals surface area contributed by atoms with Crippen molar-refractivity contribution in [3.63, 3.8) is 0 Å². The fraction of sp³-hybridized carbons (Fsp3) is 0.600. The van der Waals surface area contributed by atoms with Gasteiger partial charge < -0.3 is 10.1 Å². The van der Waals surface area contributed by atoms with Crippen LogP contribution in [0.4, 0.5) is 0 Å². The molecule has 0 spiro atoms. The summed E-state index contributed by atoms with van der Waals surface area (Å²) < 4.78 is 7.06. The molecule has 0 aliphatic heterocycles. The van der Waals surface area contributed by atoms with Crippen LogP contribution in [0.25, 0.3) is 0 Å². The van der Waals surface area contributed by atoms with Crippen LogP contribution < -0.4 is 5.32 Å². The van der Waals surface area contributed by atoms with Gasteiger partial charge in [-0.25, -0.2) is 0 Å². The molecule has 2 rings (SSSR count). The van der Waals surface area contributed by atoms with E-state index in [0.717, 1.165) is 46.9 Å². The molecule has 1 aromatic heterocycles. The van der Waals surface area contributed by atoms with Crippen LogP contribution >= 0.6 is 31.9 Å². The van der Waals surface area contributed by atoms with Gasteiger partial charge >= 0.3 is 5.97 Å². The number of nitrogens with zero attached hydrogens (tertiary/aromatic N) is 1. The molecule has 1 N–H and O–H groups in total. The molecular weight excluding hydrogens is 400 g/mol. The third kappa shape index (κ3) is 5.04. The van der Waals surface area contributed by atoms with Crippen molar-refractivity contribution in [3.8, 4) is 0 Å². The van der Waals surface area contributed by atoms with E-state index in [1.54, 1.807) is 6.20 Å². The maximum Gasteiger partial charge on any atom is 0.308 e. The largest absolute Gasteiger partial charge is 0.466 e. The van der Waals surface area contributed by atoms with Crippen LogP contribution in [0.1, 0.15) is 38.3 Å². The predicted molar refractivity (Wildman–Crippen MR) is 88.9 cm³/mol. The van der Waals surface area contributed by atoms with Crippen molar-refractivity contribution in [2.75, 3.05) is 6.61 Å². The molecule has 0 saturated heterocycles. The molecule has 1 aliphatic rings. The van der Waals surface area contributed by atoms with Gasteiger partial charge in [0.1, 0.15) is 0 Å². The minimum absolute atomic E-state index is 0.0340. The number of esters is 1. The van der Waals surface area contributed by atoms with E-state index >= 15 is 0 Å². The second-order valence-corrected chi connectivity index (χ2v) is 7.03. The van der Waals surface area contributed by atoms with Gasteiger partial charge in [-0.2, -0.15) is 0 Å². The Hall–Kier alpha value is -0.460. The topological polar surface area (TPSA) is 51.2 Å². The van der Waals surface area contributed by atoms with Crippen LogP contribution in [0, 0.1) is 5.92 Å². The summed E-state index contributed by atoms with van der Waals surface area (Å²) in [5.74, 6) is 0.0498. The van der Waals surface area contributed by atoms with E-state index in [9.17, 15) is 4.79 Å². The third-order valence-corrected chi connectivity index (χ3v) is 4.91. The SMILES string of the molecule is CCOC(=O)C1CCC(NCc2ncc(Br)cc2Br)CC1. The highest BCUT2D eigenvalue weighted by Crippen LogP contribution is 2.26. The second-order valence-electron chi connectivity index (χ2n) is 5.26. The van der Waals surface area contributed by atoms with Gasteiger partial charge in [-0.1, -0.05) is 0 Å². The zero-order valence-corrected chi connectivity index (χ0v) is 15.2. The molecule has 1 heterocycles. The van der Waals surface area contributed by atoms with Crippen molar-refractivity contribution in [2.45, 2.75) is 45.2 Å². The molecule has 4 nitrogen and oxygen atoms in total. The average molecular weight is 420 g/mol. The summed E-state index contributed by atoms with van der Waals surface area (Å²) >= 11 is 6.92. The number of carbonyl (C=O) groups is 1. The fourth-order valence-electron chi connectivity index (χ4n) is 2.61. The van der Waals surface area contributed by atoms with Gasteiger partial charge in [0, 0.05) is 27.7 Å². The van der Waals surface area contributed by atoms with E-state index in [0.29, 0.717) is 12.6 Å². The monoisotopic (exact) mass is 418 g/mol. The van der Waals surface area contributed by atoms with E-state index in [1.807, 2.05) is 13.0 Å². The van der Waals surface area contributed by atoms with Gasteiger partial charge in [0.2, 0.25) is 0 Å². The Morgan fingerprint density at radius 2 is 2.10 bits per heavy atom. The number of rotatable bonds is 5. The van der Waals surface area contributed by atoms with Gasteiger partial charge in [-0.15, -0.1) is 0 Å². The van der Waals surface area contributed by atoms with Crippen molar-refractivity contribution in [1.82, 2.24) is 10.3 Å². The van der Waals surface area contributed by atoms with Gasteiger partial charge in [0.15, 0.2) is 0 Å². The maximum atomic E-state index is 11.7. The molecule has 1 saturated carbocycles. The van der Waals surface area contributed by atoms with Crippen LogP contribution in [0.3, 0.4) is 0 Å². The molecular formula is C15H20Br2N2O2. The first-order valence-electron chi connectivity index (χ1n) is 7.30. The second kappa shape index (κ2) is 8.25. The Kier molecular flexibility index (Phi) is 6.64. The van der Waals surface area contributed by atoms with Crippen molar-refractivity contribution in [1.29, 1.82) is 0 Å². The first-order valence-corrected chi connectivity index (χ1v) is 8.88. The number of hydrogen-bond donors (Lipinski definition) is 1. The molecule has 0 unspecified atom stereocenters. The zero-order chi connectivity index (χ0) is 15.2. The molecule has 0 bridgehead atoms. The predicted octanol–water partition coefficient (Wildman–Crippen LogP) is 3.82. The lowest BCUT2D eigenvalue weighted by atomic mass is 9.86. The standard InChI is InChI=1S/C15H20Br2N2O2/c1-2-21-15(20)10-3-5-12(6-4-10)18-9-14-13(17)7-11(16)8-19-14/h7-8,10,12,18H,2-6,9H2,1H3. The molecule has 6 heteroatoms. The molecule has 1 aliphatic carbocycles. The van der Waals surface area contributed by atoms with Gasteiger partial charge in [-0.3, -0.25) is 9.78 Å². The molecule has 116 valence electrons. The van der Waals surface area contributed by atoms with Crippen LogP contribution in [0.5, 0.6) is 0 Å². The molecule has 1 aromatic rings. The van der Waals surface area contributed by atoms with E-state index in [-0.39, 0.29) is 11.9 Å². The Morgan fingerprint density at radius 1 is 1.38 bits per heavy atom. The number of aromatic nitrogens is 1. The number of carbonyl (C=O) groups excluding carboxylic acids is 1. The van der Waals surface area contributed by atoms with Gasteiger partial charge in [0.25, 0.3) is 0 Å². The summed E-state index contributed by atoms with van der Waals surface area (Å²) in [5.41, 5.74) is 1.01.